The molecule has 0 radical (unpaired) electrons. The van der Waals surface area contributed by atoms with Crippen molar-refractivity contribution in [2.45, 2.75) is 4.90 Å². The van der Waals surface area contributed by atoms with Crippen LogP contribution in [0.3, 0.4) is 0 Å². The van der Waals surface area contributed by atoms with Crippen molar-refractivity contribution < 1.29 is 27.4 Å². The summed E-state index contributed by atoms with van der Waals surface area (Å²) < 4.78 is 43.3. The monoisotopic (exact) mass is 458 g/mol. The van der Waals surface area contributed by atoms with Crippen LogP contribution in [0.5, 0.6) is 17.2 Å². The standard InChI is InChI=1S/C18H22N2O6S3/c1-24-13-10-12(11-14(25-2)16(13)26-3)19-18(21)17-15(4-7-28-17)29(22,23)20-5-8-27-9-6-20/h4,7,10-11H,5-6,8-9H2,1-3H3,(H,19,21). The Kier molecular flexibility index (Phi) is 6.93. The molecule has 1 saturated heterocycles. The molecule has 8 nitrogen and oxygen atoms in total. The van der Waals surface area contributed by atoms with E-state index < -0.39 is 15.9 Å². The van der Waals surface area contributed by atoms with Crippen molar-refractivity contribution in [3.63, 3.8) is 0 Å². The van der Waals surface area contributed by atoms with Gasteiger partial charge in [0.1, 0.15) is 9.77 Å². The molecule has 0 saturated carbocycles. The molecule has 1 aromatic heterocycles. The van der Waals surface area contributed by atoms with Crippen LogP contribution in [0.25, 0.3) is 0 Å². The minimum absolute atomic E-state index is 0.0272. The second-order valence-electron chi connectivity index (χ2n) is 6.00. The number of nitrogens with one attached hydrogen (secondary N) is 1. The van der Waals surface area contributed by atoms with Crippen molar-refractivity contribution in [2.24, 2.45) is 0 Å². The second-order valence-corrected chi connectivity index (χ2v) is 10.0. The number of amides is 1. The lowest BCUT2D eigenvalue weighted by Crippen LogP contribution is -2.38. The molecule has 1 aromatic carbocycles. The van der Waals surface area contributed by atoms with Crippen LogP contribution in [0.15, 0.2) is 28.5 Å². The quantitative estimate of drug-likeness (QED) is 0.682. The van der Waals surface area contributed by atoms with Crippen LogP contribution in [0.1, 0.15) is 9.67 Å². The van der Waals surface area contributed by atoms with Gasteiger partial charge >= 0.3 is 0 Å². The number of nitrogens with zero attached hydrogens (tertiary/aromatic N) is 1. The summed E-state index contributed by atoms with van der Waals surface area (Å²) in [5, 5.41) is 4.34. The van der Waals surface area contributed by atoms with E-state index in [1.807, 2.05) is 0 Å². The van der Waals surface area contributed by atoms with Gasteiger partial charge in [0, 0.05) is 42.4 Å². The minimum Gasteiger partial charge on any atom is -0.493 e. The van der Waals surface area contributed by atoms with Gasteiger partial charge in [-0.25, -0.2) is 8.42 Å². The molecule has 11 heteroatoms. The van der Waals surface area contributed by atoms with Gasteiger partial charge in [-0.3, -0.25) is 4.79 Å². The summed E-state index contributed by atoms with van der Waals surface area (Å²) >= 11 is 2.80. The minimum atomic E-state index is -3.72. The van der Waals surface area contributed by atoms with Crippen molar-refractivity contribution in [3.8, 4) is 17.2 Å². The zero-order valence-electron chi connectivity index (χ0n) is 16.3. The lowest BCUT2D eigenvalue weighted by atomic mass is 10.2. The van der Waals surface area contributed by atoms with Gasteiger partial charge < -0.3 is 19.5 Å². The van der Waals surface area contributed by atoms with Gasteiger partial charge in [-0.1, -0.05) is 0 Å². The zero-order chi connectivity index (χ0) is 21.0. The Morgan fingerprint density at radius 2 is 1.69 bits per heavy atom. The van der Waals surface area contributed by atoms with E-state index in [-0.39, 0.29) is 9.77 Å². The maximum Gasteiger partial charge on any atom is 0.267 e. The van der Waals surface area contributed by atoms with Gasteiger partial charge in [-0.05, 0) is 11.4 Å². The fourth-order valence-corrected chi connectivity index (χ4v) is 6.80. The summed E-state index contributed by atoms with van der Waals surface area (Å²) in [4.78, 5) is 13.0. The Morgan fingerprint density at radius 1 is 1.07 bits per heavy atom. The van der Waals surface area contributed by atoms with Crippen LogP contribution in [-0.4, -0.2) is 64.6 Å². The highest BCUT2D eigenvalue weighted by atomic mass is 32.2. The van der Waals surface area contributed by atoms with Crippen LogP contribution in [0.4, 0.5) is 5.69 Å². The van der Waals surface area contributed by atoms with Crippen LogP contribution >= 0.6 is 23.1 Å². The molecule has 0 spiro atoms. The van der Waals surface area contributed by atoms with Crippen LogP contribution in [0, 0.1) is 0 Å². The molecule has 29 heavy (non-hydrogen) atoms. The number of hydrogen-bond acceptors (Lipinski definition) is 8. The summed E-state index contributed by atoms with van der Waals surface area (Å²) in [6.07, 6.45) is 0. The van der Waals surface area contributed by atoms with Crippen molar-refractivity contribution >= 4 is 44.7 Å². The highest BCUT2D eigenvalue weighted by Gasteiger charge is 2.31. The number of benzene rings is 1. The number of rotatable bonds is 7. The molecule has 158 valence electrons. The third-order valence-electron chi connectivity index (χ3n) is 4.35. The van der Waals surface area contributed by atoms with Gasteiger partial charge in [0.2, 0.25) is 15.8 Å². The first-order valence-electron chi connectivity index (χ1n) is 8.69. The summed E-state index contributed by atoms with van der Waals surface area (Å²) in [6, 6.07) is 4.65. The maximum absolute atomic E-state index is 13.0. The van der Waals surface area contributed by atoms with E-state index in [1.165, 1.54) is 31.7 Å². The molecule has 1 amide bonds. The molecule has 0 atom stereocenters. The topological polar surface area (TPSA) is 94.2 Å². The number of hydrogen-bond donors (Lipinski definition) is 1. The normalized spacial score (nSPS) is 15.0. The fraction of sp³-hybridized carbons (Fsp3) is 0.389. The third-order valence-corrected chi connectivity index (χ3v) is 8.27. The zero-order valence-corrected chi connectivity index (χ0v) is 18.7. The highest BCUT2D eigenvalue weighted by Crippen LogP contribution is 2.40. The number of carbonyl (C=O) groups is 1. The Labute approximate surface area is 178 Å². The van der Waals surface area contributed by atoms with E-state index >= 15 is 0 Å². The predicted molar refractivity (Wildman–Crippen MR) is 114 cm³/mol. The van der Waals surface area contributed by atoms with E-state index in [0.717, 1.165) is 22.8 Å². The predicted octanol–water partition coefficient (Wildman–Crippen LogP) is 2.76. The Morgan fingerprint density at radius 3 is 2.24 bits per heavy atom. The molecule has 1 N–H and O–H groups in total. The van der Waals surface area contributed by atoms with E-state index in [9.17, 15) is 13.2 Å². The average molecular weight is 459 g/mol. The first kappa shape index (κ1) is 21.8. The highest BCUT2D eigenvalue weighted by molar-refractivity contribution is 7.99. The summed E-state index contributed by atoms with van der Waals surface area (Å²) in [5.41, 5.74) is 0.399. The Hall–Kier alpha value is -1.95. The number of sulfonamides is 1. The van der Waals surface area contributed by atoms with Gasteiger partial charge in [0.25, 0.3) is 5.91 Å². The van der Waals surface area contributed by atoms with Gasteiger partial charge in [0.15, 0.2) is 11.5 Å². The molecule has 1 aliphatic rings. The van der Waals surface area contributed by atoms with Gasteiger partial charge in [0.05, 0.1) is 21.3 Å². The lowest BCUT2D eigenvalue weighted by molar-refractivity contribution is 0.102. The molecule has 3 rings (SSSR count). The molecule has 2 heterocycles. The van der Waals surface area contributed by atoms with E-state index in [0.29, 0.717) is 36.0 Å². The van der Waals surface area contributed by atoms with Crippen LogP contribution in [-0.2, 0) is 10.0 Å². The van der Waals surface area contributed by atoms with Crippen molar-refractivity contribution in [1.29, 1.82) is 0 Å². The number of thiophene rings is 1. The second kappa shape index (κ2) is 9.24. The molecule has 1 aliphatic heterocycles. The van der Waals surface area contributed by atoms with Gasteiger partial charge in [-0.15, -0.1) is 11.3 Å². The average Bonchev–Trinajstić information content (AvgIpc) is 3.24. The van der Waals surface area contributed by atoms with E-state index in [2.05, 4.69) is 5.32 Å². The summed E-state index contributed by atoms with van der Waals surface area (Å²) in [5.74, 6) is 2.14. The molecule has 0 bridgehead atoms. The number of thioether (sulfide) groups is 1. The maximum atomic E-state index is 13.0. The smallest absolute Gasteiger partial charge is 0.267 e. The van der Waals surface area contributed by atoms with Crippen molar-refractivity contribution in [1.82, 2.24) is 4.31 Å². The van der Waals surface area contributed by atoms with E-state index in [1.54, 1.807) is 29.3 Å². The number of ether oxygens (including phenoxy) is 3. The number of carbonyl (C=O) groups excluding carboxylic acids is 1. The molecule has 0 unspecified atom stereocenters. The van der Waals surface area contributed by atoms with Crippen molar-refractivity contribution in [2.75, 3.05) is 51.2 Å². The fourth-order valence-electron chi connectivity index (χ4n) is 2.93. The summed E-state index contributed by atoms with van der Waals surface area (Å²) in [7, 11) is 0.716. The SMILES string of the molecule is COc1cc(NC(=O)c2sccc2S(=O)(=O)N2CCSCC2)cc(OC)c1OC. The first-order chi connectivity index (χ1) is 13.9. The molecule has 0 aliphatic carbocycles. The molecule has 1 fully saturated rings. The van der Waals surface area contributed by atoms with E-state index in [4.69, 9.17) is 14.2 Å². The Balaban J connectivity index is 1.89. The van der Waals surface area contributed by atoms with Crippen LogP contribution in [0.2, 0.25) is 0 Å². The summed E-state index contributed by atoms with van der Waals surface area (Å²) in [6.45, 7) is 0.883. The lowest BCUT2D eigenvalue weighted by Gasteiger charge is -2.25. The van der Waals surface area contributed by atoms with Crippen LogP contribution < -0.4 is 19.5 Å². The van der Waals surface area contributed by atoms with Crippen molar-refractivity contribution in [3.05, 3.63) is 28.5 Å². The van der Waals surface area contributed by atoms with Gasteiger partial charge in [-0.2, -0.15) is 16.1 Å². The molecule has 2 aromatic rings. The number of methoxy groups -OCH3 is 3. The largest absolute Gasteiger partial charge is 0.493 e. The number of anilines is 1. The Bertz CT molecular complexity index is 958. The third kappa shape index (κ3) is 4.47. The molecular formula is C18H22N2O6S3. The molecular weight excluding hydrogens is 436 g/mol. The first-order valence-corrected chi connectivity index (χ1v) is 12.2.